The predicted molar refractivity (Wildman–Crippen MR) is 99.2 cm³/mol. The Balaban J connectivity index is 1.46. The number of fused-ring (bicyclic) bond motifs is 1. The zero-order chi connectivity index (χ0) is 18.4. The van der Waals surface area contributed by atoms with Crippen molar-refractivity contribution in [1.82, 2.24) is 15.1 Å². The van der Waals surface area contributed by atoms with Crippen molar-refractivity contribution in [2.24, 2.45) is 0 Å². The van der Waals surface area contributed by atoms with Crippen molar-refractivity contribution in [3.05, 3.63) is 47.3 Å². The van der Waals surface area contributed by atoms with Crippen molar-refractivity contribution in [2.45, 2.75) is 45.8 Å². The number of nitrogens with one attached hydrogen (secondary N) is 1. The van der Waals surface area contributed by atoms with E-state index in [2.05, 4.69) is 23.8 Å². The Morgan fingerprint density at radius 1 is 1.35 bits per heavy atom. The Kier molecular flexibility index (Phi) is 6.28. The van der Waals surface area contributed by atoms with E-state index < -0.39 is 0 Å². The van der Waals surface area contributed by atoms with Crippen LogP contribution in [0.5, 0.6) is 5.75 Å². The van der Waals surface area contributed by atoms with Crippen molar-refractivity contribution in [2.75, 3.05) is 19.8 Å². The number of carbonyl (C=O) groups excluding carboxylic acids is 1. The number of carbonyl (C=O) groups is 1. The Labute approximate surface area is 154 Å². The smallest absolute Gasteiger partial charge is 0.220 e. The lowest BCUT2D eigenvalue weighted by atomic mass is 10.1. The molecule has 0 spiro atoms. The number of para-hydroxylation sites is 1. The lowest BCUT2D eigenvalue weighted by molar-refractivity contribution is -0.121. The lowest BCUT2D eigenvalue weighted by Gasteiger charge is -2.16. The highest BCUT2D eigenvalue weighted by Gasteiger charge is 2.22. The van der Waals surface area contributed by atoms with Crippen LogP contribution in [0.1, 0.15) is 43.3 Å². The van der Waals surface area contributed by atoms with Crippen LogP contribution in [0.3, 0.4) is 0 Å². The summed E-state index contributed by atoms with van der Waals surface area (Å²) in [6.07, 6.45) is 1.95. The number of hydrogen-bond acceptors (Lipinski definition) is 4. The number of ether oxygens (including phenoxy) is 2. The number of hydrogen-bond donors (Lipinski definition) is 1. The van der Waals surface area contributed by atoms with Crippen molar-refractivity contribution in [1.29, 1.82) is 0 Å². The summed E-state index contributed by atoms with van der Waals surface area (Å²) in [4.78, 5) is 12.1. The van der Waals surface area contributed by atoms with Gasteiger partial charge in [0.2, 0.25) is 5.91 Å². The fourth-order valence-corrected chi connectivity index (χ4v) is 3.16. The van der Waals surface area contributed by atoms with E-state index in [0.29, 0.717) is 38.6 Å². The van der Waals surface area contributed by atoms with Gasteiger partial charge in [-0.25, -0.2) is 0 Å². The summed E-state index contributed by atoms with van der Waals surface area (Å²) in [5, 5.41) is 7.63. The van der Waals surface area contributed by atoms with Crippen LogP contribution >= 0.6 is 0 Å². The quantitative estimate of drug-likeness (QED) is 0.738. The molecular weight excluding hydrogens is 330 g/mol. The minimum absolute atomic E-state index is 0.0197. The van der Waals surface area contributed by atoms with Gasteiger partial charge in [0.15, 0.2) is 0 Å². The van der Waals surface area contributed by atoms with E-state index in [1.165, 1.54) is 11.3 Å². The molecule has 1 aliphatic rings. The highest BCUT2D eigenvalue weighted by Crippen LogP contribution is 2.24. The van der Waals surface area contributed by atoms with E-state index in [1.54, 1.807) is 0 Å². The number of aryl methyl sites for hydroxylation is 1. The van der Waals surface area contributed by atoms with E-state index in [4.69, 9.17) is 14.6 Å². The third-order valence-electron chi connectivity index (χ3n) is 4.45. The second-order valence-electron chi connectivity index (χ2n) is 6.72. The van der Waals surface area contributed by atoms with Gasteiger partial charge in [-0.15, -0.1) is 0 Å². The molecule has 0 saturated carbocycles. The third kappa shape index (κ3) is 4.64. The Bertz CT molecular complexity index is 725. The highest BCUT2D eigenvalue weighted by molar-refractivity contribution is 5.76. The normalized spacial score (nSPS) is 13.5. The molecule has 1 aromatic heterocycles. The molecule has 26 heavy (non-hydrogen) atoms. The summed E-state index contributed by atoms with van der Waals surface area (Å²) in [6.45, 7) is 6.56. The van der Waals surface area contributed by atoms with E-state index in [1.807, 2.05) is 30.3 Å². The fraction of sp³-hybridized carbons (Fsp3) is 0.500. The third-order valence-corrected chi connectivity index (χ3v) is 4.45. The van der Waals surface area contributed by atoms with E-state index in [-0.39, 0.29) is 5.91 Å². The average molecular weight is 357 g/mol. The molecule has 0 atom stereocenters. The second-order valence-corrected chi connectivity index (χ2v) is 6.72. The maximum atomic E-state index is 12.1. The molecule has 0 unspecified atom stereocenters. The van der Waals surface area contributed by atoms with Crippen LogP contribution in [-0.2, 0) is 29.0 Å². The number of nitrogens with zero attached hydrogens (tertiary/aromatic N) is 2. The molecule has 0 radical (unpaired) electrons. The summed E-state index contributed by atoms with van der Waals surface area (Å²) in [5.41, 5.74) is 3.42. The first-order chi connectivity index (χ1) is 12.6. The van der Waals surface area contributed by atoms with Gasteiger partial charge in [-0.2, -0.15) is 5.10 Å². The number of rotatable bonds is 8. The lowest BCUT2D eigenvalue weighted by Crippen LogP contribution is -2.28. The summed E-state index contributed by atoms with van der Waals surface area (Å²) in [5.74, 6) is 0.832. The summed E-state index contributed by atoms with van der Waals surface area (Å²) in [7, 11) is 0. The minimum atomic E-state index is 0.0197. The molecule has 2 aromatic rings. The van der Waals surface area contributed by atoms with Crippen molar-refractivity contribution in [3.8, 4) is 5.75 Å². The summed E-state index contributed by atoms with van der Waals surface area (Å²) in [6, 6.07) is 9.91. The molecule has 1 N–H and O–H groups in total. The predicted octanol–water partition coefficient (Wildman–Crippen LogP) is 2.66. The van der Waals surface area contributed by atoms with Crippen LogP contribution in [0, 0.1) is 0 Å². The van der Waals surface area contributed by atoms with E-state index >= 15 is 0 Å². The summed E-state index contributed by atoms with van der Waals surface area (Å²) < 4.78 is 13.2. The van der Waals surface area contributed by atoms with Crippen LogP contribution in [0.4, 0.5) is 0 Å². The SMILES string of the molecule is CC(C)n1nc(CCC(=O)NCCOc2ccccc2)c2c1CCOC2. The first-order valence-corrected chi connectivity index (χ1v) is 9.26. The average Bonchev–Trinajstić information content (AvgIpc) is 3.04. The molecule has 1 amide bonds. The molecule has 0 fully saturated rings. The van der Waals surface area contributed by atoms with E-state index in [9.17, 15) is 4.79 Å². The fourth-order valence-electron chi connectivity index (χ4n) is 3.16. The molecule has 1 aliphatic heterocycles. The Morgan fingerprint density at radius 3 is 2.92 bits per heavy atom. The maximum Gasteiger partial charge on any atom is 0.220 e. The highest BCUT2D eigenvalue weighted by atomic mass is 16.5. The van der Waals surface area contributed by atoms with Gasteiger partial charge in [0.05, 0.1) is 25.5 Å². The van der Waals surface area contributed by atoms with Crippen LogP contribution < -0.4 is 10.1 Å². The topological polar surface area (TPSA) is 65.4 Å². The molecule has 1 aromatic carbocycles. The standard InChI is InChI=1S/C20H27N3O3/c1-15(2)23-19-10-12-25-14-17(19)18(22-23)8-9-20(24)21-11-13-26-16-6-4-3-5-7-16/h3-7,15H,8-14H2,1-2H3,(H,21,24). The van der Waals surface area contributed by atoms with Gasteiger partial charge in [0.1, 0.15) is 12.4 Å². The largest absolute Gasteiger partial charge is 0.492 e. The zero-order valence-electron chi connectivity index (χ0n) is 15.5. The van der Waals surface area contributed by atoms with Gasteiger partial charge >= 0.3 is 0 Å². The molecule has 0 bridgehead atoms. The van der Waals surface area contributed by atoms with Crippen LogP contribution in [0.2, 0.25) is 0 Å². The van der Waals surface area contributed by atoms with Gasteiger partial charge in [0, 0.05) is 36.6 Å². The van der Waals surface area contributed by atoms with Crippen molar-refractivity contribution >= 4 is 5.91 Å². The van der Waals surface area contributed by atoms with Gasteiger partial charge in [-0.3, -0.25) is 9.48 Å². The second kappa shape index (κ2) is 8.85. The first kappa shape index (κ1) is 18.5. The number of amides is 1. The molecule has 6 nitrogen and oxygen atoms in total. The molecule has 2 heterocycles. The molecule has 0 saturated heterocycles. The molecule has 3 rings (SSSR count). The van der Waals surface area contributed by atoms with Gasteiger partial charge in [-0.05, 0) is 26.0 Å². The number of aromatic nitrogens is 2. The molecule has 140 valence electrons. The molecule has 6 heteroatoms. The molecular formula is C20H27N3O3. The minimum Gasteiger partial charge on any atom is -0.492 e. The first-order valence-electron chi connectivity index (χ1n) is 9.26. The van der Waals surface area contributed by atoms with Crippen LogP contribution in [0.25, 0.3) is 0 Å². The Morgan fingerprint density at radius 2 is 2.15 bits per heavy atom. The monoisotopic (exact) mass is 357 g/mol. The van der Waals surface area contributed by atoms with Gasteiger partial charge in [-0.1, -0.05) is 18.2 Å². The van der Waals surface area contributed by atoms with Crippen molar-refractivity contribution in [3.63, 3.8) is 0 Å². The van der Waals surface area contributed by atoms with Crippen LogP contribution in [0.15, 0.2) is 30.3 Å². The van der Waals surface area contributed by atoms with Crippen molar-refractivity contribution < 1.29 is 14.3 Å². The Hall–Kier alpha value is -2.34. The van der Waals surface area contributed by atoms with Gasteiger partial charge in [0.25, 0.3) is 0 Å². The summed E-state index contributed by atoms with van der Waals surface area (Å²) >= 11 is 0. The van der Waals surface area contributed by atoms with Crippen LogP contribution in [-0.4, -0.2) is 35.4 Å². The zero-order valence-corrected chi connectivity index (χ0v) is 15.5. The van der Waals surface area contributed by atoms with Gasteiger partial charge < -0.3 is 14.8 Å². The van der Waals surface area contributed by atoms with E-state index in [0.717, 1.165) is 24.5 Å². The molecule has 0 aliphatic carbocycles. The maximum absolute atomic E-state index is 12.1. The number of benzene rings is 1.